The number of anilines is 1. The SMILES string of the molecule is CCOc1ccc(Cl)cc1S(=O)(=O)Nc1nc(C)cs1. The minimum atomic E-state index is -3.79. The van der Waals surface area contributed by atoms with Gasteiger partial charge in [0.1, 0.15) is 10.6 Å². The molecule has 1 heterocycles. The largest absolute Gasteiger partial charge is 0.492 e. The standard InChI is InChI=1S/C12H13ClN2O3S2/c1-3-18-10-5-4-9(13)6-11(10)20(16,17)15-12-14-8(2)7-19-12/h4-7H,3H2,1-2H3,(H,14,15). The maximum Gasteiger partial charge on any atom is 0.267 e. The minimum absolute atomic E-state index is 0.000275. The number of nitrogens with one attached hydrogen (secondary N) is 1. The van der Waals surface area contributed by atoms with E-state index >= 15 is 0 Å². The Morgan fingerprint density at radius 1 is 1.45 bits per heavy atom. The van der Waals surface area contributed by atoms with E-state index in [4.69, 9.17) is 16.3 Å². The van der Waals surface area contributed by atoms with Crippen LogP contribution in [0.2, 0.25) is 5.02 Å². The van der Waals surface area contributed by atoms with Gasteiger partial charge in [-0.05, 0) is 32.0 Å². The molecule has 0 radical (unpaired) electrons. The number of hydrogen-bond donors (Lipinski definition) is 1. The molecule has 0 amide bonds. The zero-order chi connectivity index (χ0) is 14.8. The molecule has 0 aliphatic heterocycles. The van der Waals surface area contributed by atoms with E-state index in [0.717, 1.165) is 5.69 Å². The van der Waals surface area contributed by atoms with Crippen molar-refractivity contribution in [2.24, 2.45) is 0 Å². The number of ether oxygens (including phenoxy) is 1. The Balaban J connectivity index is 2.40. The van der Waals surface area contributed by atoms with Crippen molar-refractivity contribution in [3.8, 4) is 5.75 Å². The first-order valence-corrected chi connectivity index (χ1v) is 8.53. The highest BCUT2D eigenvalue weighted by molar-refractivity contribution is 7.93. The van der Waals surface area contributed by atoms with Gasteiger partial charge in [0.2, 0.25) is 0 Å². The molecule has 2 aromatic rings. The van der Waals surface area contributed by atoms with E-state index in [1.807, 2.05) is 0 Å². The fourth-order valence-corrected chi connectivity index (χ4v) is 3.89. The van der Waals surface area contributed by atoms with Gasteiger partial charge in [0, 0.05) is 10.4 Å². The molecule has 0 aliphatic rings. The molecular formula is C12H13ClN2O3S2. The number of halogens is 1. The Bertz CT molecular complexity index is 713. The van der Waals surface area contributed by atoms with E-state index in [0.29, 0.717) is 16.8 Å². The molecule has 0 saturated carbocycles. The second-order valence-electron chi connectivity index (χ2n) is 3.92. The second-order valence-corrected chi connectivity index (χ2v) is 6.87. The molecule has 8 heteroatoms. The maximum absolute atomic E-state index is 12.4. The summed E-state index contributed by atoms with van der Waals surface area (Å²) in [4.78, 5) is 4.07. The number of benzene rings is 1. The van der Waals surface area contributed by atoms with Crippen molar-refractivity contribution in [3.05, 3.63) is 34.3 Å². The molecule has 1 aromatic heterocycles. The van der Waals surface area contributed by atoms with Crippen molar-refractivity contribution >= 4 is 38.1 Å². The first kappa shape index (κ1) is 15.1. The van der Waals surface area contributed by atoms with E-state index in [9.17, 15) is 8.42 Å². The average molecular weight is 333 g/mol. The second kappa shape index (κ2) is 5.99. The highest BCUT2D eigenvalue weighted by Crippen LogP contribution is 2.29. The summed E-state index contributed by atoms with van der Waals surface area (Å²) in [6.07, 6.45) is 0. The van der Waals surface area contributed by atoms with Crippen molar-refractivity contribution in [1.29, 1.82) is 0 Å². The van der Waals surface area contributed by atoms with Crippen molar-refractivity contribution in [2.45, 2.75) is 18.7 Å². The lowest BCUT2D eigenvalue weighted by molar-refractivity contribution is 0.331. The van der Waals surface area contributed by atoms with Crippen LogP contribution < -0.4 is 9.46 Å². The lowest BCUT2D eigenvalue weighted by atomic mass is 10.3. The van der Waals surface area contributed by atoms with Gasteiger partial charge in [-0.2, -0.15) is 0 Å². The van der Waals surface area contributed by atoms with Crippen LogP contribution in [0.25, 0.3) is 0 Å². The highest BCUT2D eigenvalue weighted by Gasteiger charge is 2.21. The van der Waals surface area contributed by atoms with Crippen LogP contribution in [0.1, 0.15) is 12.6 Å². The molecule has 108 valence electrons. The normalized spacial score (nSPS) is 11.3. The predicted octanol–water partition coefficient (Wildman–Crippen LogP) is 3.30. The van der Waals surface area contributed by atoms with Crippen LogP contribution in [-0.4, -0.2) is 20.0 Å². The zero-order valence-corrected chi connectivity index (χ0v) is 13.3. The van der Waals surface area contributed by atoms with E-state index in [2.05, 4.69) is 9.71 Å². The first-order chi connectivity index (χ1) is 9.42. The molecule has 20 heavy (non-hydrogen) atoms. The fraction of sp³-hybridized carbons (Fsp3) is 0.250. The molecule has 0 aliphatic carbocycles. The summed E-state index contributed by atoms with van der Waals surface area (Å²) in [5.74, 6) is 0.262. The Kier molecular flexibility index (Phi) is 4.52. The zero-order valence-electron chi connectivity index (χ0n) is 10.9. The third-order valence-corrected chi connectivity index (χ3v) is 4.94. The Hall–Kier alpha value is -1.31. The molecule has 0 spiro atoms. The minimum Gasteiger partial charge on any atom is -0.492 e. The Morgan fingerprint density at radius 2 is 2.20 bits per heavy atom. The van der Waals surface area contributed by atoms with Crippen LogP contribution in [0.5, 0.6) is 5.75 Å². The summed E-state index contributed by atoms with van der Waals surface area (Å²) in [6.45, 7) is 3.93. The van der Waals surface area contributed by atoms with Gasteiger partial charge in [-0.3, -0.25) is 4.72 Å². The number of aryl methyl sites for hydroxylation is 1. The lowest BCUT2D eigenvalue weighted by Crippen LogP contribution is -2.14. The van der Waals surface area contributed by atoms with Crippen molar-refractivity contribution < 1.29 is 13.2 Å². The molecule has 1 aromatic carbocycles. The van der Waals surface area contributed by atoms with Gasteiger partial charge in [0.05, 0.1) is 12.3 Å². The van der Waals surface area contributed by atoms with Crippen LogP contribution in [0, 0.1) is 6.92 Å². The maximum atomic E-state index is 12.4. The van der Waals surface area contributed by atoms with Gasteiger partial charge in [0.15, 0.2) is 5.13 Å². The lowest BCUT2D eigenvalue weighted by Gasteiger charge is -2.11. The quantitative estimate of drug-likeness (QED) is 0.912. The summed E-state index contributed by atoms with van der Waals surface area (Å²) < 4.78 is 32.5. The van der Waals surface area contributed by atoms with Crippen LogP contribution >= 0.6 is 22.9 Å². The molecule has 0 unspecified atom stereocenters. The van der Waals surface area contributed by atoms with E-state index < -0.39 is 10.0 Å². The van der Waals surface area contributed by atoms with Crippen molar-refractivity contribution in [1.82, 2.24) is 4.98 Å². The third kappa shape index (κ3) is 3.41. The number of nitrogens with zero attached hydrogens (tertiary/aromatic N) is 1. The Morgan fingerprint density at radius 3 is 2.80 bits per heavy atom. The highest BCUT2D eigenvalue weighted by atomic mass is 35.5. The van der Waals surface area contributed by atoms with Crippen molar-refractivity contribution in [3.63, 3.8) is 0 Å². The summed E-state index contributed by atoms with van der Waals surface area (Å²) in [5.41, 5.74) is 0.754. The van der Waals surface area contributed by atoms with E-state index in [-0.39, 0.29) is 10.6 Å². The van der Waals surface area contributed by atoms with E-state index in [1.54, 1.807) is 25.3 Å². The van der Waals surface area contributed by atoms with Gasteiger partial charge >= 0.3 is 0 Å². The molecule has 0 bridgehead atoms. The molecule has 0 saturated heterocycles. The first-order valence-electron chi connectivity index (χ1n) is 5.79. The number of aromatic nitrogens is 1. The molecular weight excluding hydrogens is 320 g/mol. The fourth-order valence-electron chi connectivity index (χ4n) is 1.54. The third-order valence-electron chi connectivity index (χ3n) is 2.34. The van der Waals surface area contributed by atoms with Gasteiger partial charge < -0.3 is 4.74 Å². The number of sulfonamides is 1. The smallest absolute Gasteiger partial charge is 0.267 e. The van der Waals surface area contributed by atoms with Crippen LogP contribution in [0.3, 0.4) is 0 Å². The van der Waals surface area contributed by atoms with E-state index in [1.165, 1.54) is 23.5 Å². The van der Waals surface area contributed by atoms with Crippen LogP contribution in [0.15, 0.2) is 28.5 Å². The van der Waals surface area contributed by atoms with Crippen LogP contribution in [-0.2, 0) is 10.0 Å². The molecule has 2 rings (SSSR count). The molecule has 5 nitrogen and oxygen atoms in total. The van der Waals surface area contributed by atoms with Crippen LogP contribution in [0.4, 0.5) is 5.13 Å². The van der Waals surface area contributed by atoms with Gasteiger partial charge in [-0.1, -0.05) is 11.6 Å². The van der Waals surface area contributed by atoms with Gasteiger partial charge in [-0.25, -0.2) is 13.4 Å². The summed E-state index contributed by atoms with van der Waals surface area (Å²) in [5, 5.41) is 2.40. The number of rotatable bonds is 5. The monoisotopic (exact) mass is 332 g/mol. The van der Waals surface area contributed by atoms with Gasteiger partial charge in [-0.15, -0.1) is 11.3 Å². The number of hydrogen-bond acceptors (Lipinski definition) is 5. The topological polar surface area (TPSA) is 68.3 Å². The van der Waals surface area contributed by atoms with Crippen molar-refractivity contribution in [2.75, 3.05) is 11.3 Å². The van der Waals surface area contributed by atoms with Gasteiger partial charge in [0.25, 0.3) is 10.0 Å². The Labute approximate surface area is 126 Å². The molecule has 0 atom stereocenters. The molecule has 0 fully saturated rings. The predicted molar refractivity (Wildman–Crippen MR) is 80.3 cm³/mol. The average Bonchev–Trinajstić information content (AvgIpc) is 2.76. The number of thiazole rings is 1. The summed E-state index contributed by atoms with van der Waals surface area (Å²) >= 11 is 7.09. The molecule has 1 N–H and O–H groups in total. The summed E-state index contributed by atoms with van der Waals surface area (Å²) in [6, 6.07) is 4.47. The summed E-state index contributed by atoms with van der Waals surface area (Å²) in [7, 11) is -3.79.